The first-order chi connectivity index (χ1) is 9.58. The third kappa shape index (κ3) is 4.87. The maximum atomic E-state index is 11.8. The Labute approximate surface area is 117 Å². The summed E-state index contributed by atoms with van der Waals surface area (Å²) in [6.45, 7) is 4.06. The summed E-state index contributed by atoms with van der Waals surface area (Å²) >= 11 is 0. The number of benzene rings is 1. The molecule has 0 spiro atoms. The second kappa shape index (κ2) is 8.14. The predicted molar refractivity (Wildman–Crippen MR) is 73.7 cm³/mol. The van der Waals surface area contributed by atoms with Gasteiger partial charge in [-0.25, -0.2) is 4.79 Å². The Hall–Kier alpha value is -2.11. The van der Waals surface area contributed by atoms with Gasteiger partial charge in [0.05, 0.1) is 11.5 Å². The van der Waals surface area contributed by atoms with Crippen LogP contribution in [-0.2, 0) is 9.53 Å². The molecule has 0 aromatic heterocycles. The van der Waals surface area contributed by atoms with Gasteiger partial charge >= 0.3 is 5.97 Å². The normalized spacial score (nSPS) is 11.7. The van der Waals surface area contributed by atoms with Gasteiger partial charge in [-0.05, 0) is 31.9 Å². The smallest absolute Gasteiger partial charge is 0.347 e. The highest BCUT2D eigenvalue weighted by atomic mass is 16.6. The molecule has 0 heterocycles. The Balaban J connectivity index is 2.72. The molecule has 1 atom stereocenters. The van der Waals surface area contributed by atoms with Gasteiger partial charge in [0.25, 0.3) is 5.69 Å². The van der Waals surface area contributed by atoms with Crippen molar-refractivity contribution in [3.63, 3.8) is 0 Å². The lowest BCUT2D eigenvalue weighted by Gasteiger charge is -2.17. The molecule has 6 nitrogen and oxygen atoms in total. The zero-order chi connectivity index (χ0) is 15.0. The van der Waals surface area contributed by atoms with Gasteiger partial charge in [-0.3, -0.25) is 10.1 Å². The summed E-state index contributed by atoms with van der Waals surface area (Å²) in [6.07, 6.45) is 1.68. The van der Waals surface area contributed by atoms with Gasteiger partial charge in [0, 0.05) is 12.1 Å². The Morgan fingerprint density at radius 3 is 2.45 bits per heavy atom. The maximum Gasteiger partial charge on any atom is 0.347 e. The van der Waals surface area contributed by atoms with E-state index < -0.39 is 17.0 Å². The highest BCUT2D eigenvalue weighted by Crippen LogP contribution is 2.20. The third-order valence-electron chi connectivity index (χ3n) is 2.70. The van der Waals surface area contributed by atoms with E-state index in [0.717, 1.165) is 12.8 Å². The van der Waals surface area contributed by atoms with Crippen molar-refractivity contribution in [3.8, 4) is 5.75 Å². The molecule has 1 aromatic carbocycles. The Morgan fingerprint density at radius 2 is 1.95 bits per heavy atom. The van der Waals surface area contributed by atoms with Crippen LogP contribution in [0.5, 0.6) is 5.75 Å². The van der Waals surface area contributed by atoms with Crippen molar-refractivity contribution >= 4 is 11.7 Å². The number of hydrogen-bond donors (Lipinski definition) is 0. The minimum atomic E-state index is -0.670. The summed E-state index contributed by atoms with van der Waals surface area (Å²) in [5.41, 5.74) is -0.0152. The first kappa shape index (κ1) is 15.9. The number of hydrogen-bond acceptors (Lipinski definition) is 5. The van der Waals surface area contributed by atoms with Crippen molar-refractivity contribution < 1.29 is 19.2 Å². The largest absolute Gasteiger partial charge is 0.479 e. The van der Waals surface area contributed by atoms with Crippen LogP contribution in [0.15, 0.2) is 24.3 Å². The van der Waals surface area contributed by atoms with E-state index in [1.807, 2.05) is 6.92 Å². The highest BCUT2D eigenvalue weighted by molar-refractivity contribution is 5.75. The quantitative estimate of drug-likeness (QED) is 0.415. The molecule has 1 rings (SSSR count). The van der Waals surface area contributed by atoms with E-state index >= 15 is 0 Å². The fourth-order valence-corrected chi connectivity index (χ4v) is 1.66. The van der Waals surface area contributed by atoms with Crippen LogP contribution < -0.4 is 4.74 Å². The van der Waals surface area contributed by atoms with Gasteiger partial charge in [0.1, 0.15) is 5.75 Å². The molecule has 0 aliphatic rings. The summed E-state index contributed by atoms with van der Waals surface area (Å²) in [4.78, 5) is 21.9. The molecule has 0 saturated heterocycles. The van der Waals surface area contributed by atoms with Crippen molar-refractivity contribution in [3.05, 3.63) is 34.4 Å². The Bertz CT molecular complexity index is 443. The molecule has 1 unspecified atom stereocenters. The summed E-state index contributed by atoms with van der Waals surface area (Å²) in [6, 6.07) is 5.65. The molecule has 0 N–H and O–H groups in total. The molecular weight excluding hydrogens is 262 g/mol. The lowest BCUT2D eigenvalue weighted by Crippen LogP contribution is -2.29. The van der Waals surface area contributed by atoms with Crippen molar-refractivity contribution in [1.29, 1.82) is 0 Å². The molecule has 6 heteroatoms. The summed E-state index contributed by atoms with van der Waals surface area (Å²) in [5.74, 6) is 0.0176. The van der Waals surface area contributed by atoms with Gasteiger partial charge in [-0.15, -0.1) is 0 Å². The summed E-state index contributed by atoms with van der Waals surface area (Å²) < 4.78 is 10.5. The number of carbonyl (C=O) groups excluding carboxylic acids is 1. The first-order valence-electron chi connectivity index (χ1n) is 6.66. The van der Waals surface area contributed by atoms with E-state index in [4.69, 9.17) is 9.47 Å². The van der Waals surface area contributed by atoms with E-state index in [1.165, 1.54) is 24.3 Å². The van der Waals surface area contributed by atoms with Gasteiger partial charge in [0.2, 0.25) is 0 Å². The topological polar surface area (TPSA) is 78.7 Å². The van der Waals surface area contributed by atoms with Crippen molar-refractivity contribution in [1.82, 2.24) is 0 Å². The van der Waals surface area contributed by atoms with Crippen molar-refractivity contribution in [2.75, 3.05) is 6.61 Å². The fourth-order valence-electron chi connectivity index (χ4n) is 1.66. The van der Waals surface area contributed by atoms with Crippen LogP contribution in [0.2, 0.25) is 0 Å². The van der Waals surface area contributed by atoms with E-state index in [9.17, 15) is 14.9 Å². The Kier molecular flexibility index (Phi) is 6.49. The Morgan fingerprint density at radius 1 is 1.30 bits per heavy atom. The number of unbranched alkanes of at least 4 members (excludes halogenated alkanes) is 1. The van der Waals surface area contributed by atoms with Crippen LogP contribution in [0.4, 0.5) is 5.69 Å². The van der Waals surface area contributed by atoms with Crippen LogP contribution in [0.25, 0.3) is 0 Å². The molecule has 1 aromatic rings. The molecule has 0 saturated carbocycles. The zero-order valence-electron chi connectivity index (χ0n) is 11.7. The van der Waals surface area contributed by atoms with Crippen molar-refractivity contribution in [2.24, 2.45) is 0 Å². The number of carbonyl (C=O) groups is 1. The predicted octanol–water partition coefficient (Wildman–Crippen LogP) is 3.10. The number of nitrogens with zero attached hydrogens (tertiary/aromatic N) is 1. The fraction of sp³-hybridized carbons (Fsp3) is 0.500. The molecule has 0 aliphatic carbocycles. The number of esters is 1. The second-order valence-electron chi connectivity index (χ2n) is 4.25. The molecule has 20 heavy (non-hydrogen) atoms. The number of nitro groups is 1. The van der Waals surface area contributed by atoms with Gasteiger partial charge in [0.15, 0.2) is 6.10 Å². The molecule has 0 amide bonds. The van der Waals surface area contributed by atoms with Gasteiger partial charge in [-0.1, -0.05) is 13.3 Å². The minimum Gasteiger partial charge on any atom is -0.479 e. The second-order valence-corrected chi connectivity index (χ2v) is 4.25. The lowest BCUT2D eigenvalue weighted by molar-refractivity contribution is -0.384. The van der Waals surface area contributed by atoms with Crippen LogP contribution in [0.3, 0.4) is 0 Å². The molecule has 110 valence electrons. The standard InChI is InChI=1S/C14H19NO5/c1-3-5-6-13(14(16)19-4-2)20-12-9-7-11(8-10-12)15(17)18/h7-10,13H,3-6H2,1-2H3. The third-order valence-corrected chi connectivity index (χ3v) is 2.70. The van der Waals surface area contributed by atoms with E-state index in [2.05, 4.69) is 0 Å². The minimum absolute atomic E-state index is 0.0152. The summed E-state index contributed by atoms with van der Waals surface area (Å²) in [7, 11) is 0. The van der Waals surface area contributed by atoms with Gasteiger partial charge < -0.3 is 9.47 Å². The molecular formula is C14H19NO5. The number of ether oxygens (including phenoxy) is 2. The SMILES string of the molecule is CCCCC(Oc1ccc([N+](=O)[O-])cc1)C(=O)OCC. The molecule has 0 radical (unpaired) electrons. The van der Waals surface area contributed by atoms with Crippen LogP contribution in [-0.4, -0.2) is 23.6 Å². The first-order valence-corrected chi connectivity index (χ1v) is 6.66. The monoisotopic (exact) mass is 281 g/mol. The molecule has 0 aliphatic heterocycles. The maximum absolute atomic E-state index is 11.8. The van der Waals surface area contributed by atoms with Crippen LogP contribution in [0, 0.1) is 10.1 Å². The van der Waals surface area contributed by atoms with E-state index in [1.54, 1.807) is 6.92 Å². The average molecular weight is 281 g/mol. The van der Waals surface area contributed by atoms with E-state index in [-0.39, 0.29) is 5.69 Å². The lowest BCUT2D eigenvalue weighted by atomic mass is 10.1. The van der Waals surface area contributed by atoms with Gasteiger partial charge in [-0.2, -0.15) is 0 Å². The molecule has 0 bridgehead atoms. The zero-order valence-corrected chi connectivity index (χ0v) is 11.7. The van der Waals surface area contributed by atoms with Crippen LogP contribution >= 0.6 is 0 Å². The van der Waals surface area contributed by atoms with E-state index in [0.29, 0.717) is 18.8 Å². The average Bonchev–Trinajstić information content (AvgIpc) is 2.44. The number of rotatable bonds is 8. The number of non-ortho nitro benzene ring substituents is 1. The highest BCUT2D eigenvalue weighted by Gasteiger charge is 2.21. The number of nitro benzene ring substituents is 1. The van der Waals surface area contributed by atoms with Crippen LogP contribution in [0.1, 0.15) is 33.1 Å². The van der Waals surface area contributed by atoms with Crippen molar-refractivity contribution in [2.45, 2.75) is 39.2 Å². The summed E-state index contributed by atoms with van der Waals surface area (Å²) in [5, 5.41) is 10.6. The molecule has 0 fully saturated rings.